The van der Waals surface area contributed by atoms with Crippen LogP contribution in [0.2, 0.25) is 0 Å². The summed E-state index contributed by atoms with van der Waals surface area (Å²) in [6, 6.07) is 4.65. The fourth-order valence-corrected chi connectivity index (χ4v) is 3.82. The molecule has 0 spiro atoms. The van der Waals surface area contributed by atoms with Crippen molar-refractivity contribution in [2.24, 2.45) is 0 Å². The van der Waals surface area contributed by atoms with Crippen LogP contribution in [0.5, 0.6) is 0 Å². The lowest BCUT2D eigenvalue weighted by Gasteiger charge is -2.26. The summed E-state index contributed by atoms with van der Waals surface area (Å²) < 4.78 is 7.42. The predicted octanol–water partition coefficient (Wildman–Crippen LogP) is 4.06. The molecule has 26 heavy (non-hydrogen) atoms. The molecule has 0 saturated heterocycles. The Balaban J connectivity index is 2.18. The topological polar surface area (TPSA) is 67.0 Å². The number of amides is 1. The lowest BCUT2D eigenvalue weighted by Crippen LogP contribution is -2.34. The van der Waals surface area contributed by atoms with E-state index in [4.69, 9.17) is 4.74 Å². The Hall–Kier alpha value is -2.06. The van der Waals surface area contributed by atoms with Gasteiger partial charge in [-0.1, -0.05) is 19.3 Å². The smallest absolute Gasteiger partial charge is 0.262 e. The Kier molecular flexibility index (Phi) is 7.47. The van der Waals surface area contributed by atoms with Crippen LogP contribution >= 0.6 is 0 Å². The highest BCUT2D eigenvalue weighted by molar-refractivity contribution is 6.01. The number of hydrogen-bond acceptors (Lipinski definition) is 3. The maximum Gasteiger partial charge on any atom is 0.262 e. The van der Waals surface area contributed by atoms with E-state index in [2.05, 4.69) is 35.9 Å². The monoisotopic (exact) mass is 357 g/mol. The molecule has 0 aliphatic heterocycles. The molecule has 1 atom stereocenters. The Bertz CT molecular complexity index is 691. The van der Waals surface area contributed by atoms with Gasteiger partial charge in [0.1, 0.15) is 11.6 Å². The van der Waals surface area contributed by atoms with Gasteiger partial charge >= 0.3 is 0 Å². The first-order chi connectivity index (χ1) is 12.5. The molecule has 0 radical (unpaired) electrons. The van der Waals surface area contributed by atoms with E-state index in [-0.39, 0.29) is 17.5 Å². The number of ether oxygens (including phenoxy) is 1. The molecule has 5 heteroatoms. The molecule has 0 bridgehead atoms. The van der Waals surface area contributed by atoms with Gasteiger partial charge in [-0.2, -0.15) is 5.26 Å². The molecule has 1 amide bonds. The molecule has 1 N–H and O–H groups in total. The van der Waals surface area contributed by atoms with Gasteiger partial charge in [-0.25, -0.2) is 0 Å². The number of nitriles is 1. The van der Waals surface area contributed by atoms with Gasteiger partial charge in [0.15, 0.2) is 0 Å². The van der Waals surface area contributed by atoms with Gasteiger partial charge in [-0.3, -0.25) is 4.79 Å². The molecule has 0 aromatic carbocycles. The van der Waals surface area contributed by atoms with E-state index in [0.717, 1.165) is 17.7 Å². The van der Waals surface area contributed by atoms with Gasteiger partial charge < -0.3 is 14.6 Å². The number of nitrogens with one attached hydrogen (secondary N) is 1. The summed E-state index contributed by atoms with van der Waals surface area (Å²) in [5.41, 5.74) is 3.46. The number of aromatic nitrogens is 1. The summed E-state index contributed by atoms with van der Waals surface area (Å²) in [5.74, 6) is -0.321. The van der Waals surface area contributed by atoms with Crippen molar-refractivity contribution in [3.63, 3.8) is 0 Å². The number of methoxy groups -OCH3 is 1. The highest BCUT2D eigenvalue weighted by atomic mass is 16.5. The molecule has 1 fully saturated rings. The van der Waals surface area contributed by atoms with Crippen molar-refractivity contribution in [1.82, 2.24) is 9.88 Å². The van der Waals surface area contributed by atoms with Gasteiger partial charge in [0.05, 0.1) is 0 Å². The van der Waals surface area contributed by atoms with Crippen molar-refractivity contribution < 1.29 is 9.53 Å². The largest absolute Gasteiger partial charge is 0.385 e. The number of carbonyl (C=O) groups is 1. The average Bonchev–Trinajstić information content (AvgIpc) is 2.91. The van der Waals surface area contributed by atoms with Crippen LogP contribution < -0.4 is 5.32 Å². The van der Waals surface area contributed by atoms with E-state index in [1.54, 1.807) is 13.2 Å². The minimum Gasteiger partial charge on any atom is -0.385 e. The molecular formula is C21H31N3O2. The first-order valence-electron chi connectivity index (χ1n) is 9.58. The summed E-state index contributed by atoms with van der Waals surface area (Å²) in [6.07, 6.45) is 8.74. The summed E-state index contributed by atoms with van der Waals surface area (Å²) >= 11 is 0. The standard InChI is InChI=1S/C21H31N3O2/c1-15(10-11-26-4)23-21(25)19(14-22)13-18-12-16(2)24(17(18)3)20-8-6-5-7-9-20/h12-13,15,20H,5-11H2,1-4H3,(H,23,25)/b19-13+. The zero-order valence-electron chi connectivity index (χ0n) is 16.5. The molecule has 5 nitrogen and oxygen atoms in total. The van der Waals surface area contributed by atoms with Crippen LogP contribution in [0.15, 0.2) is 11.6 Å². The maximum atomic E-state index is 12.4. The second-order valence-corrected chi connectivity index (χ2v) is 7.31. The van der Waals surface area contributed by atoms with Gasteiger partial charge in [0.2, 0.25) is 0 Å². The average molecular weight is 357 g/mol. The summed E-state index contributed by atoms with van der Waals surface area (Å²) in [5, 5.41) is 12.3. The predicted molar refractivity (Wildman–Crippen MR) is 104 cm³/mol. The minimum absolute atomic E-state index is 0.0335. The number of nitrogens with zero attached hydrogens (tertiary/aromatic N) is 2. The van der Waals surface area contributed by atoms with Gasteiger partial charge in [0.25, 0.3) is 5.91 Å². The van der Waals surface area contributed by atoms with Crippen LogP contribution in [0.1, 0.15) is 68.4 Å². The zero-order valence-corrected chi connectivity index (χ0v) is 16.5. The van der Waals surface area contributed by atoms with E-state index in [0.29, 0.717) is 12.6 Å². The summed E-state index contributed by atoms with van der Waals surface area (Å²) in [4.78, 5) is 12.4. The number of aryl methyl sites for hydroxylation is 1. The highest BCUT2D eigenvalue weighted by Gasteiger charge is 2.20. The van der Waals surface area contributed by atoms with Crippen LogP contribution in [0.4, 0.5) is 0 Å². The molecule has 1 aliphatic rings. The molecule has 1 heterocycles. The second-order valence-electron chi connectivity index (χ2n) is 7.31. The summed E-state index contributed by atoms with van der Waals surface area (Å²) in [7, 11) is 1.64. The van der Waals surface area contributed by atoms with Crippen LogP contribution in [0.3, 0.4) is 0 Å². The van der Waals surface area contributed by atoms with Crippen molar-refractivity contribution in [2.75, 3.05) is 13.7 Å². The van der Waals surface area contributed by atoms with Crippen molar-refractivity contribution in [1.29, 1.82) is 5.26 Å². The van der Waals surface area contributed by atoms with E-state index >= 15 is 0 Å². The van der Waals surface area contributed by atoms with Crippen LogP contribution in [-0.2, 0) is 9.53 Å². The Morgan fingerprint density at radius 2 is 2.12 bits per heavy atom. The number of hydrogen-bond donors (Lipinski definition) is 1. The normalized spacial score (nSPS) is 17.0. The van der Waals surface area contributed by atoms with Crippen molar-refractivity contribution in [2.45, 2.75) is 71.4 Å². The fraction of sp³-hybridized carbons (Fsp3) is 0.619. The van der Waals surface area contributed by atoms with Crippen LogP contribution in [-0.4, -0.2) is 30.2 Å². The van der Waals surface area contributed by atoms with Crippen molar-refractivity contribution in [3.8, 4) is 6.07 Å². The van der Waals surface area contributed by atoms with Gasteiger partial charge in [0, 0.05) is 37.2 Å². The molecular weight excluding hydrogens is 326 g/mol. The van der Waals surface area contributed by atoms with E-state index in [1.165, 1.54) is 37.8 Å². The van der Waals surface area contributed by atoms with Crippen LogP contribution in [0, 0.1) is 25.2 Å². The minimum atomic E-state index is -0.321. The number of carbonyl (C=O) groups excluding carboxylic acids is 1. The molecule has 142 valence electrons. The van der Waals surface area contributed by atoms with E-state index in [9.17, 15) is 10.1 Å². The number of rotatable bonds is 7. The SMILES string of the molecule is COCCC(C)NC(=O)/C(C#N)=C/c1cc(C)n(C2CCCCC2)c1C. The van der Waals surface area contributed by atoms with Gasteiger partial charge in [-0.15, -0.1) is 0 Å². The Morgan fingerprint density at radius 1 is 1.42 bits per heavy atom. The Morgan fingerprint density at radius 3 is 2.73 bits per heavy atom. The lowest BCUT2D eigenvalue weighted by molar-refractivity contribution is -0.117. The second kappa shape index (κ2) is 9.59. The first-order valence-corrected chi connectivity index (χ1v) is 9.58. The van der Waals surface area contributed by atoms with E-state index < -0.39 is 0 Å². The van der Waals surface area contributed by atoms with E-state index in [1.807, 2.05) is 6.92 Å². The molecule has 1 aliphatic carbocycles. The maximum absolute atomic E-state index is 12.4. The first kappa shape index (κ1) is 20.3. The third-order valence-corrected chi connectivity index (χ3v) is 5.26. The lowest BCUT2D eigenvalue weighted by atomic mass is 9.95. The van der Waals surface area contributed by atoms with Crippen LogP contribution in [0.25, 0.3) is 6.08 Å². The third kappa shape index (κ3) is 4.98. The summed E-state index contributed by atoms with van der Waals surface area (Å²) in [6.45, 7) is 6.69. The third-order valence-electron chi connectivity index (χ3n) is 5.26. The molecule has 1 aromatic rings. The van der Waals surface area contributed by atoms with Crippen molar-refractivity contribution >= 4 is 12.0 Å². The zero-order chi connectivity index (χ0) is 19.1. The molecule has 1 saturated carbocycles. The Labute approximate surface area is 157 Å². The molecule has 1 unspecified atom stereocenters. The quantitative estimate of drug-likeness (QED) is 0.591. The van der Waals surface area contributed by atoms with Crippen molar-refractivity contribution in [3.05, 3.63) is 28.6 Å². The molecule has 1 aromatic heterocycles. The molecule has 2 rings (SSSR count). The van der Waals surface area contributed by atoms with Gasteiger partial charge in [-0.05, 0) is 57.7 Å². The highest BCUT2D eigenvalue weighted by Crippen LogP contribution is 2.32. The fourth-order valence-electron chi connectivity index (χ4n) is 3.82.